The van der Waals surface area contributed by atoms with E-state index in [9.17, 15) is 4.79 Å². The van der Waals surface area contributed by atoms with Crippen molar-refractivity contribution in [3.8, 4) is 16.9 Å². The van der Waals surface area contributed by atoms with Crippen molar-refractivity contribution in [1.29, 1.82) is 0 Å². The molecule has 5 aromatic rings. The number of hydrogen-bond donors (Lipinski definition) is 1. The zero-order valence-electron chi connectivity index (χ0n) is 22.3. The van der Waals surface area contributed by atoms with Gasteiger partial charge in [0.2, 0.25) is 0 Å². The molecule has 2 aromatic heterocycles. The summed E-state index contributed by atoms with van der Waals surface area (Å²) in [7, 11) is 0. The van der Waals surface area contributed by atoms with Crippen molar-refractivity contribution in [3.63, 3.8) is 0 Å². The molecule has 3 aromatic carbocycles. The number of nitrogen functional groups attached to an aromatic ring is 1. The lowest BCUT2D eigenvalue weighted by molar-refractivity contribution is -0.142. The highest BCUT2D eigenvalue weighted by atomic mass is 16.5. The minimum atomic E-state index is -0.256. The second-order valence-corrected chi connectivity index (χ2v) is 10.2. The molecule has 1 saturated carbocycles. The van der Waals surface area contributed by atoms with Crippen molar-refractivity contribution in [2.24, 2.45) is 0 Å². The Hall–Kier alpha value is -4.39. The third-order valence-electron chi connectivity index (χ3n) is 7.57. The summed E-state index contributed by atoms with van der Waals surface area (Å²) in [6, 6.07) is 21.0. The topological polar surface area (TPSA) is 92.3 Å². The summed E-state index contributed by atoms with van der Waals surface area (Å²) in [5, 5.41) is 8.06. The van der Waals surface area contributed by atoms with Crippen LogP contribution in [0, 0.1) is 6.92 Å². The molecule has 2 N–H and O–H groups in total. The maximum atomic E-state index is 12.2. The summed E-state index contributed by atoms with van der Waals surface area (Å²) < 4.78 is 13.8. The van der Waals surface area contributed by atoms with E-state index in [0.717, 1.165) is 62.5 Å². The highest BCUT2D eigenvalue weighted by Crippen LogP contribution is 2.37. The molecule has 1 fully saturated rings. The van der Waals surface area contributed by atoms with Crippen LogP contribution < -0.4 is 10.5 Å². The van der Waals surface area contributed by atoms with Crippen LogP contribution in [0.5, 0.6) is 5.75 Å². The van der Waals surface area contributed by atoms with Gasteiger partial charge in [-0.2, -0.15) is 5.10 Å². The van der Waals surface area contributed by atoms with Crippen molar-refractivity contribution in [1.82, 2.24) is 14.8 Å². The van der Waals surface area contributed by atoms with Gasteiger partial charge in [0, 0.05) is 22.5 Å². The van der Waals surface area contributed by atoms with Gasteiger partial charge in [0.05, 0.1) is 30.3 Å². The first kappa shape index (κ1) is 24.9. The first-order valence-electron chi connectivity index (χ1n) is 13.5. The Morgan fingerprint density at radius 1 is 1.03 bits per heavy atom. The number of fused-ring (bicyclic) bond motifs is 2. The number of nitrogens with two attached hydrogens (primary N) is 1. The number of rotatable bonds is 8. The van der Waals surface area contributed by atoms with E-state index in [4.69, 9.17) is 20.3 Å². The molecule has 0 radical (unpaired) electrons. The van der Waals surface area contributed by atoms with Crippen LogP contribution in [0.15, 0.2) is 66.9 Å². The fourth-order valence-electron chi connectivity index (χ4n) is 5.28. The molecule has 198 valence electrons. The quantitative estimate of drug-likeness (QED) is 0.233. The fraction of sp³-hybridized carbons (Fsp3) is 0.281. The van der Waals surface area contributed by atoms with Crippen LogP contribution in [0.2, 0.25) is 0 Å². The van der Waals surface area contributed by atoms with Gasteiger partial charge in [-0.3, -0.25) is 9.48 Å². The number of hydrogen-bond acceptors (Lipinski definition) is 6. The molecule has 1 aliphatic carbocycles. The van der Waals surface area contributed by atoms with Gasteiger partial charge in [0.15, 0.2) is 0 Å². The third kappa shape index (κ3) is 4.92. The van der Waals surface area contributed by atoms with Crippen LogP contribution >= 0.6 is 0 Å². The molecule has 0 amide bonds. The maximum absolute atomic E-state index is 12.2. The first-order valence-corrected chi connectivity index (χ1v) is 13.5. The van der Waals surface area contributed by atoms with Crippen LogP contribution in [-0.4, -0.2) is 27.3 Å². The predicted molar refractivity (Wildman–Crippen MR) is 154 cm³/mol. The molecule has 0 atom stereocenters. The Bertz CT molecular complexity index is 1690. The molecule has 0 bridgehead atoms. The summed E-state index contributed by atoms with van der Waals surface area (Å²) in [4.78, 5) is 16.5. The van der Waals surface area contributed by atoms with E-state index in [1.165, 1.54) is 6.42 Å². The Labute approximate surface area is 227 Å². The number of benzene rings is 3. The smallest absolute Gasteiger partial charge is 0.310 e. The van der Waals surface area contributed by atoms with E-state index in [0.29, 0.717) is 30.8 Å². The lowest BCUT2D eigenvalue weighted by Gasteiger charge is -2.27. The normalized spacial score (nSPS) is 13.5. The van der Waals surface area contributed by atoms with Crippen molar-refractivity contribution >= 4 is 33.5 Å². The molecule has 2 heterocycles. The standard InChI is InChI=1S/C32H32N4O3/c1-3-38-31(37)18-24-15-20(2)7-12-30(24)39-19-29-27-17-23(10-11-28(27)35-36(29)25-5-4-6-25)22-9-8-21-13-14-34-32(33)26(21)16-22/h7-17,25H,3-6,18-19H2,1-2H3,(H2,33,34). The molecule has 0 spiro atoms. The summed E-state index contributed by atoms with van der Waals surface area (Å²) in [6.45, 7) is 4.53. The molecule has 7 heteroatoms. The summed E-state index contributed by atoms with van der Waals surface area (Å²) in [6.07, 6.45) is 5.35. The molecule has 0 unspecified atom stereocenters. The van der Waals surface area contributed by atoms with E-state index in [-0.39, 0.29) is 12.4 Å². The molecule has 6 rings (SSSR count). The van der Waals surface area contributed by atoms with E-state index in [2.05, 4.69) is 46.1 Å². The van der Waals surface area contributed by atoms with Crippen LogP contribution in [0.4, 0.5) is 5.82 Å². The maximum Gasteiger partial charge on any atom is 0.310 e. The Morgan fingerprint density at radius 2 is 1.82 bits per heavy atom. The van der Waals surface area contributed by atoms with Gasteiger partial charge < -0.3 is 15.2 Å². The number of carbonyl (C=O) groups is 1. The van der Waals surface area contributed by atoms with Gasteiger partial charge in [-0.25, -0.2) is 4.98 Å². The molecular weight excluding hydrogens is 488 g/mol. The minimum absolute atomic E-state index is 0.178. The zero-order chi connectivity index (χ0) is 26.9. The van der Waals surface area contributed by atoms with Crippen LogP contribution in [-0.2, 0) is 22.6 Å². The number of ether oxygens (including phenoxy) is 2. The Kier molecular flexibility index (Phi) is 6.65. The molecule has 39 heavy (non-hydrogen) atoms. The number of pyridine rings is 1. The predicted octanol–water partition coefficient (Wildman–Crippen LogP) is 6.55. The number of nitrogens with zero attached hydrogens (tertiary/aromatic N) is 3. The summed E-state index contributed by atoms with van der Waals surface area (Å²) >= 11 is 0. The zero-order valence-corrected chi connectivity index (χ0v) is 22.3. The highest BCUT2D eigenvalue weighted by molar-refractivity contribution is 5.95. The largest absolute Gasteiger partial charge is 0.487 e. The second kappa shape index (κ2) is 10.4. The van der Waals surface area contributed by atoms with E-state index in [1.54, 1.807) is 6.20 Å². The third-order valence-corrected chi connectivity index (χ3v) is 7.57. The van der Waals surface area contributed by atoms with Gasteiger partial charge in [-0.15, -0.1) is 0 Å². The number of carbonyl (C=O) groups excluding carboxylic acids is 1. The number of esters is 1. The van der Waals surface area contributed by atoms with Crippen molar-refractivity contribution in [3.05, 3.63) is 83.7 Å². The summed E-state index contributed by atoms with van der Waals surface area (Å²) in [5.74, 6) is 0.963. The monoisotopic (exact) mass is 520 g/mol. The lowest BCUT2D eigenvalue weighted by Crippen LogP contribution is -2.21. The van der Waals surface area contributed by atoms with Crippen molar-refractivity contribution < 1.29 is 14.3 Å². The van der Waals surface area contributed by atoms with E-state index < -0.39 is 0 Å². The molecular formula is C32H32N4O3. The molecule has 0 saturated heterocycles. The molecule has 1 aliphatic rings. The van der Waals surface area contributed by atoms with Crippen LogP contribution in [0.3, 0.4) is 0 Å². The minimum Gasteiger partial charge on any atom is -0.487 e. The molecule has 0 aliphatic heterocycles. The highest BCUT2D eigenvalue weighted by Gasteiger charge is 2.25. The Balaban J connectivity index is 1.37. The SMILES string of the molecule is CCOC(=O)Cc1cc(C)ccc1OCc1c2cc(-c3ccc4ccnc(N)c4c3)ccc2nn1C1CCC1. The van der Waals surface area contributed by atoms with E-state index in [1.807, 2.05) is 38.1 Å². The average Bonchev–Trinajstić information content (AvgIpc) is 3.24. The number of aryl methyl sites for hydroxylation is 1. The number of aromatic nitrogens is 3. The van der Waals surface area contributed by atoms with Gasteiger partial charge in [-0.05, 0) is 80.0 Å². The van der Waals surface area contributed by atoms with Gasteiger partial charge in [0.1, 0.15) is 18.2 Å². The van der Waals surface area contributed by atoms with Crippen molar-refractivity contribution in [2.75, 3.05) is 12.3 Å². The summed E-state index contributed by atoms with van der Waals surface area (Å²) in [5.41, 5.74) is 12.2. The van der Waals surface area contributed by atoms with Crippen LogP contribution in [0.25, 0.3) is 32.8 Å². The van der Waals surface area contributed by atoms with Crippen molar-refractivity contribution in [2.45, 2.75) is 52.2 Å². The second-order valence-electron chi connectivity index (χ2n) is 10.2. The van der Waals surface area contributed by atoms with Gasteiger partial charge >= 0.3 is 5.97 Å². The first-order chi connectivity index (χ1) is 19.0. The lowest BCUT2D eigenvalue weighted by atomic mass is 9.93. The average molecular weight is 521 g/mol. The fourth-order valence-corrected chi connectivity index (χ4v) is 5.28. The molecule has 7 nitrogen and oxygen atoms in total. The van der Waals surface area contributed by atoms with Gasteiger partial charge in [0.25, 0.3) is 0 Å². The van der Waals surface area contributed by atoms with Crippen LogP contribution in [0.1, 0.15) is 49.0 Å². The van der Waals surface area contributed by atoms with Gasteiger partial charge in [-0.1, -0.05) is 35.9 Å². The van der Waals surface area contributed by atoms with E-state index >= 15 is 0 Å². The Morgan fingerprint density at radius 3 is 2.59 bits per heavy atom. The number of anilines is 1.